The van der Waals surface area contributed by atoms with Crippen molar-refractivity contribution in [2.75, 3.05) is 32.8 Å². The van der Waals surface area contributed by atoms with Gasteiger partial charge in [-0.25, -0.2) is 9.37 Å². The molecule has 2 bridgehead atoms. The highest BCUT2D eigenvalue weighted by molar-refractivity contribution is 6.10. The molecule has 1 aliphatic heterocycles. The normalized spacial score (nSPS) is 20.9. The Hall–Kier alpha value is -4.68. The molecule has 5 aromatic rings. The lowest BCUT2D eigenvalue weighted by molar-refractivity contribution is -0.136. The van der Waals surface area contributed by atoms with Gasteiger partial charge in [-0.05, 0) is 97.2 Å². The summed E-state index contributed by atoms with van der Waals surface area (Å²) in [6.07, 6.45) is 4.08. The molecule has 1 amide bonds. The molecule has 9 heteroatoms. The van der Waals surface area contributed by atoms with Gasteiger partial charge in [-0.3, -0.25) is 9.69 Å². The summed E-state index contributed by atoms with van der Waals surface area (Å²) in [7, 11) is 0. The molecule has 1 saturated heterocycles. The van der Waals surface area contributed by atoms with E-state index < -0.39 is 5.82 Å². The molecule has 2 aromatic heterocycles. The number of rotatable bonds is 9. The number of carbonyl (C=O) groups excluding carboxylic acids is 1. The Morgan fingerprint density at radius 2 is 1.88 bits per heavy atom. The van der Waals surface area contributed by atoms with E-state index in [0.29, 0.717) is 72.5 Å². The van der Waals surface area contributed by atoms with E-state index in [1.807, 2.05) is 42.2 Å². The number of nitriles is 1. The molecule has 1 N–H and O–H groups in total. The Labute approximate surface area is 279 Å². The van der Waals surface area contributed by atoms with Crippen LogP contribution >= 0.6 is 0 Å². The van der Waals surface area contributed by atoms with Gasteiger partial charge in [0, 0.05) is 42.2 Å². The van der Waals surface area contributed by atoms with E-state index in [2.05, 4.69) is 28.5 Å². The van der Waals surface area contributed by atoms with Crippen LogP contribution in [0.15, 0.2) is 48.5 Å². The topological polar surface area (TPSA) is 94.6 Å². The highest BCUT2D eigenvalue weighted by atomic mass is 19.1. The van der Waals surface area contributed by atoms with Crippen molar-refractivity contribution in [2.45, 2.75) is 58.5 Å². The molecule has 3 aliphatic carbocycles. The number of halogens is 1. The number of benzene rings is 3. The fourth-order valence-electron chi connectivity index (χ4n) is 8.72. The molecule has 0 unspecified atom stereocenters. The van der Waals surface area contributed by atoms with Gasteiger partial charge < -0.3 is 19.3 Å². The number of aromatic nitrogens is 2. The Morgan fingerprint density at radius 1 is 1.06 bits per heavy atom. The Bertz CT molecular complexity index is 2120. The van der Waals surface area contributed by atoms with Gasteiger partial charge in [-0.2, -0.15) is 5.26 Å². The average molecular weight is 646 g/mol. The van der Waals surface area contributed by atoms with Crippen LogP contribution in [0.5, 0.6) is 11.6 Å². The third kappa shape index (κ3) is 4.88. The van der Waals surface area contributed by atoms with E-state index >= 15 is 4.39 Å². The number of hydrogen-bond donors (Lipinski definition) is 1. The Balaban J connectivity index is 1.40. The van der Waals surface area contributed by atoms with Crippen LogP contribution in [0.4, 0.5) is 4.39 Å². The molecule has 3 atom stereocenters. The highest BCUT2D eigenvalue weighted by Crippen LogP contribution is 2.58. The zero-order chi connectivity index (χ0) is 33.1. The van der Waals surface area contributed by atoms with E-state index in [1.165, 1.54) is 19.3 Å². The van der Waals surface area contributed by atoms with E-state index in [9.17, 15) is 15.2 Å². The highest BCUT2D eigenvalue weighted by Gasteiger charge is 2.49. The third-order valence-corrected chi connectivity index (χ3v) is 11.0. The van der Waals surface area contributed by atoms with Crippen molar-refractivity contribution in [2.24, 2.45) is 11.8 Å². The summed E-state index contributed by atoms with van der Waals surface area (Å²) in [6.45, 7) is 7.60. The predicted molar refractivity (Wildman–Crippen MR) is 184 cm³/mol. The van der Waals surface area contributed by atoms with Gasteiger partial charge in [0.1, 0.15) is 11.3 Å². The summed E-state index contributed by atoms with van der Waals surface area (Å²) in [6, 6.07) is 17.5. The Morgan fingerprint density at radius 3 is 2.60 bits per heavy atom. The van der Waals surface area contributed by atoms with Crippen LogP contribution in [0.1, 0.15) is 56.8 Å². The number of phenols is 1. The molecule has 0 spiro atoms. The molecule has 4 aliphatic rings. The van der Waals surface area contributed by atoms with Crippen LogP contribution in [0.3, 0.4) is 0 Å². The number of fused-ring (bicyclic) bond motifs is 5. The number of carbonyl (C=O) groups is 1. The van der Waals surface area contributed by atoms with Gasteiger partial charge in [0.2, 0.25) is 11.8 Å². The second kappa shape index (κ2) is 12.1. The predicted octanol–water partition coefficient (Wildman–Crippen LogP) is 7.34. The standard InChI is InChI=1S/C39H40FN5O3/c1-3-43-14-15-44(33(47)22-43)21-27-19-32-38(45(27)37-25-11-12-26(37)16-25)31-18-24(9-7-13-41)34(35(40)36(31)42-39(32)48-4-2)30-20-28(46)17-23-8-5-6-10-29(23)30/h5-6,8,10,17-20,25-26,37,46H,3-4,7,9,11-12,14-16,21-22H2,1-2H3/t25-,26+,37-. The summed E-state index contributed by atoms with van der Waals surface area (Å²) in [4.78, 5) is 22.3. The minimum atomic E-state index is -0.490. The summed E-state index contributed by atoms with van der Waals surface area (Å²) < 4.78 is 26.0. The third-order valence-electron chi connectivity index (χ3n) is 11.0. The minimum Gasteiger partial charge on any atom is -0.508 e. The van der Waals surface area contributed by atoms with E-state index in [1.54, 1.807) is 12.1 Å². The smallest absolute Gasteiger partial charge is 0.237 e. The first-order chi connectivity index (χ1) is 23.4. The number of pyridine rings is 1. The zero-order valence-corrected chi connectivity index (χ0v) is 27.5. The van der Waals surface area contributed by atoms with Gasteiger partial charge in [0.15, 0.2) is 5.82 Å². The van der Waals surface area contributed by atoms with E-state index in [0.717, 1.165) is 40.5 Å². The maximum atomic E-state index is 17.4. The molecular weight excluding hydrogens is 605 g/mol. The molecule has 246 valence electrons. The number of aromatic hydroxyl groups is 1. The van der Waals surface area contributed by atoms with Crippen molar-refractivity contribution in [3.63, 3.8) is 0 Å². The summed E-state index contributed by atoms with van der Waals surface area (Å²) in [5.74, 6) is 1.13. The molecule has 3 saturated carbocycles. The zero-order valence-electron chi connectivity index (χ0n) is 27.5. The lowest BCUT2D eigenvalue weighted by Gasteiger charge is -2.40. The summed E-state index contributed by atoms with van der Waals surface area (Å²) in [5, 5.41) is 23.5. The number of aryl methyl sites for hydroxylation is 1. The van der Waals surface area contributed by atoms with Crippen LogP contribution in [0.25, 0.3) is 43.7 Å². The molecule has 8 nitrogen and oxygen atoms in total. The van der Waals surface area contributed by atoms with Crippen molar-refractivity contribution in [3.8, 4) is 28.8 Å². The van der Waals surface area contributed by atoms with Crippen LogP contribution in [-0.4, -0.2) is 63.2 Å². The molecule has 0 radical (unpaired) electrons. The second-order valence-corrected chi connectivity index (χ2v) is 13.6. The van der Waals surface area contributed by atoms with Crippen LogP contribution < -0.4 is 4.74 Å². The van der Waals surface area contributed by atoms with Gasteiger partial charge in [0.25, 0.3) is 0 Å². The maximum Gasteiger partial charge on any atom is 0.237 e. The number of phenolic OH excluding ortho intramolecular Hbond substituents is 1. The number of piperazine rings is 1. The fraction of sp³-hybridized carbons (Fsp3) is 0.410. The lowest BCUT2D eigenvalue weighted by Crippen LogP contribution is -2.50. The molecule has 3 aromatic carbocycles. The lowest BCUT2D eigenvalue weighted by atomic mass is 9.78. The Kier molecular flexibility index (Phi) is 7.72. The number of hydrogen-bond acceptors (Lipinski definition) is 6. The molecule has 3 heterocycles. The number of ether oxygens (including phenoxy) is 1. The first-order valence-corrected chi connectivity index (χ1v) is 17.3. The fourth-order valence-corrected chi connectivity index (χ4v) is 8.72. The summed E-state index contributed by atoms with van der Waals surface area (Å²) in [5.41, 5.74) is 3.74. The second-order valence-electron chi connectivity index (χ2n) is 13.6. The van der Waals surface area contributed by atoms with Gasteiger partial charge in [-0.15, -0.1) is 0 Å². The van der Waals surface area contributed by atoms with Crippen molar-refractivity contribution in [1.29, 1.82) is 5.26 Å². The van der Waals surface area contributed by atoms with Crippen molar-refractivity contribution in [3.05, 3.63) is 65.6 Å². The van der Waals surface area contributed by atoms with Crippen LogP contribution in [0.2, 0.25) is 0 Å². The monoisotopic (exact) mass is 645 g/mol. The molecular formula is C39H40FN5O3. The molecule has 48 heavy (non-hydrogen) atoms. The van der Waals surface area contributed by atoms with Crippen molar-refractivity contribution < 1.29 is 19.0 Å². The average Bonchev–Trinajstić information content (AvgIpc) is 3.82. The maximum absolute atomic E-state index is 17.4. The van der Waals surface area contributed by atoms with Gasteiger partial charge in [0.05, 0.1) is 36.7 Å². The SMILES string of the molecule is CCOc1nc2c(F)c(-c3cc(O)cc4ccccc34)c(CCC#N)cc2c2c1cc(CN1CCN(CC)CC1=O)n2[C@@H]1[C@@H]2CC[C@H]1C2. The van der Waals surface area contributed by atoms with E-state index in [4.69, 9.17) is 9.72 Å². The largest absolute Gasteiger partial charge is 0.508 e. The number of likely N-dealkylation sites (N-methyl/N-ethyl adjacent to an activating group) is 1. The van der Waals surface area contributed by atoms with Gasteiger partial charge >= 0.3 is 0 Å². The van der Waals surface area contributed by atoms with Crippen LogP contribution in [-0.2, 0) is 17.8 Å². The van der Waals surface area contributed by atoms with Crippen molar-refractivity contribution >= 4 is 38.5 Å². The first-order valence-electron chi connectivity index (χ1n) is 17.3. The summed E-state index contributed by atoms with van der Waals surface area (Å²) >= 11 is 0. The first kappa shape index (κ1) is 30.6. The van der Waals surface area contributed by atoms with Gasteiger partial charge in [-0.1, -0.05) is 31.2 Å². The quantitative estimate of drug-likeness (QED) is 0.180. The molecule has 9 rings (SSSR count). The van der Waals surface area contributed by atoms with Crippen LogP contribution in [0, 0.1) is 29.0 Å². The van der Waals surface area contributed by atoms with E-state index in [-0.39, 0.29) is 29.6 Å². The van der Waals surface area contributed by atoms with Crippen molar-refractivity contribution in [1.82, 2.24) is 19.4 Å². The number of nitrogens with zero attached hydrogens (tertiary/aromatic N) is 5. The minimum absolute atomic E-state index is 0.0427. The number of amides is 1. The molecule has 4 fully saturated rings.